The SMILES string of the molecule is CC(C)NCc1ccc(COC2COC2)nc1. The molecular formula is C13H20N2O2. The van der Waals surface area contributed by atoms with Crippen LogP contribution in [0.4, 0.5) is 0 Å². The standard InChI is InChI=1S/C13H20N2O2/c1-10(2)14-5-11-3-4-12(15-6-11)7-17-13-8-16-9-13/h3-4,6,10,13-14H,5,7-9H2,1-2H3. The van der Waals surface area contributed by atoms with Crippen LogP contribution in [0.1, 0.15) is 25.1 Å². The molecule has 4 nitrogen and oxygen atoms in total. The minimum atomic E-state index is 0.263. The summed E-state index contributed by atoms with van der Waals surface area (Å²) in [6.07, 6.45) is 2.17. The van der Waals surface area contributed by atoms with Gasteiger partial charge in [0.25, 0.3) is 0 Å². The van der Waals surface area contributed by atoms with Crippen molar-refractivity contribution in [1.82, 2.24) is 10.3 Å². The van der Waals surface area contributed by atoms with Crippen LogP contribution in [0.5, 0.6) is 0 Å². The predicted octanol–water partition coefficient (Wildman–Crippen LogP) is 1.49. The number of aromatic nitrogens is 1. The Hall–Kier alpha value is -0.970. The Morgan fingerprint density at radius 2 is 2.29 bits per heavy atom. The van der Waals surface area contributed by atoms with Gasteiger partial charge < -0.3 is 14.8 Å². The van der Waals surface area contributed by atoms with Crippen molar-refractivity contribution < 1.29 is 9.47 Å². The summed E-state index contributed by atoms with van der Waals surface area (Å²) in [6.45, 7) is 7.15. The van der Waals surface area contributed by atoms with Crippen LogP contribution < -0.4 is 5.32 Å². The number of rotatable bonds is 6. The molecule has 2 heterocycles. The lowest BCUT2D eigenvalue weighted by Gasteiger charge is -2.25. The maximum Gasteiger partial charge on any atom is 0.105 e. The summed E-state index contributed by atoms with van der Waals surface area (Å²) in [6, 6.07) is 4.62. The Morgan fingerprint density at radius 1 is 1.47 bits per heavy atom. The molecule has 94 valence electrons. The highest BCUT2D eigenvalue weighted by atomic mass is 16.6. The summed E-state index contributed by atoms with van der Waals surface area (Å²) in [5.41, 5.74) is 2.18. The predicted molar refractivity (Wildman–Crippen MR) is 65.6 cm³/mol. The lowest BCUT2D eigenvalue weighted by Crippen LogP contribution is -2.35. The van der Waals surface area contributed by atoms with E-state index in [1.165, 1.54) is 5.56 Å². The molecule has 0 unspecified atom stereocenters. The van der Waals surface area contributed by atoms with Gasteiger partial charge in [-0.05, 0) is 11.6 Å². The van der Waals surface area contributed by atoms with Gasteiger partial charge in [-0.2, -0.15) is 0 Å². The summed E-state index contributed by atoms with van der Waals surface area (Å²) < 4.78 is 10.6. The summed E-state index contributed by atoms with van der Waals surface area (Å²) in [5.74, 6) is 0. The minimum Gasteiger partial charge on any atom is -0.376 e. The smallest absolute Gasteiger partial charge is 0.105 e. The number of pyridine rings is 1. The molecule has 0 atom stereocenters. The summed E-state index contributed by atoms with van der Waals surface area (Å²) in [5, 5.41) is 3.36. The maximum atomic E-state index is 5.60. The first-order valence-electron chi connectivity index (χ1n) is 6.10. The molecule has 0 spiro atoms. The number of ether oxygens (including phenoxy) is 2. The minimum absolute atomic E-state index is 0.263. The molecule has 1 saturated heterocycles. The molecule has 1 aliphatic rings. The van der Waals surface area contributed by atoms with Gasteiger partial charge in [0.2, 0.25) is 0 Å². The molecule has 1 aromatic rings. The molecule has 0 amide bonds. The van der Waals surface area contributed by atoms with Crippen molar-refractivity contribution in [1.29, 1.82) is 0 Å². The number of nitrogens with zero attached hydrogens (tertiary/aromatic N) is 1. The Bertz CT molecular complexity index is 334. The molecule has 0 bridgehead atoms. The molecule has 17 heavy (non-hydrogen) atoms. The van der Waals surface area contributed by atoms with Gasteiger partial charge in [-0.3, -0.25) is 4.98 Å². The monoisotopic (exact) mass is 236 g/mol. The third-order valence-electron chi connectivity index (χ3n) is 2.67. The average molecular weight is 236 g/mol. The van der Waals surface area contributed by atoms with Crippen LogP contribution in [-0.2, 0) is 22.6 Å². The Labute approximate surface area is 102 Å². The molecule has 0 saturated carbocycles. The van der Waals surface area contributed by atoms with Crippen LogP contribution in [0.25, 0.3) is 0 Å². The van der Waals surface area contributed by atoms with Crippen LogP contribution in [0.3, 0.4) is 0 Å². The summed E-state index contributed by atoms with van der Waals surface area (Å²) in [4.78, 5) is 4.38. The van der Waals surface area contributed by atoms with Gasteiger partial charge in [0, 0.05) is 18.8 Å². The second kappa shape index (κ2) is 6.10. The molecular weight excluding hydrogens is 216 g/mol. The van der Waals surface area contributed by atoms with Crippen molar-refractivity contribution in [2.24, 2.45) is 0 Å². The summed E-state index contributed by atoms with van der Waals surface area (Å²) in [7, 11) is 0. The first-order chi connectivity index (χ1) is 8.24. The summed E-state index contributed by atoms with van der Waals surface area (Å²) >= 11 is 0. The van der Waals surface area contributed by atoms with E-state index in [9.17, 15) is 0 Å². The highest BCUT2D eigenvalue weighted by Gasteiger charge is 2.18. The Morgan fingerprint density at radius 3 is 2.82 bits per heavy atom. The fourth-order valence-corrected chi connectivity index (χ4v) is 1.48. The molecule has 4 heteroatoms. The van der Waals surface area contributed by atoms with Gasteiger partial charge >= 0.3 is 0 Å². The largest absolute Gasteiger partial charge is 0.376 e. The number of hydrogen-bond donors (Lipinski definition) is 1. The fourth-order valence-electron chi connectivity index (χ4n) is 1.48. The normalized spacial score (nSPS) is 16.2. The van der Waals surface area contributed by atoms with E-state index in [1.807, 2.05) is 12.3 Å². The van der Waals surface area contributed by atoms with Crippen LogP contribution in [0, 0.1) is 0 Å². The van der Waals surface area contributed by atoms with Crippen molar-refractivity contribution in [3.63, 3.8) is 0 Å². The van der Waals surface area contributed by atoms with Gasteiger partial charge in [-0.1, -0.05) is 19.9 Å². The fraction of sp³-hybridized carbons (Fsp3) is 0.615. The molecule has 0 aromatic carbocycles. The lowest BCUT2D eigenvalue weighted by molar-refractivity contribution is -0.135. The van der Waals surface area contributed by atoms with Crippen LogP contribution in [-0.4, -0.2) is 30.3 Å². The maximum absolute atomic E-state index is 5.60. The highest BCUT2D eigenvalue weighted by molar-refractivity contribution is 5.13. The van der Waals surface area contributed by atoms with E-state index in [0.29, 0.717) is 12.6 Å². The number of nitrogens with one attached hydrogen (secondary N) is 1. The molecule has 1 N–H and O–H groups in total. The van der Waals surface area contributed by atoms with E-state index in [0.717, 1.165) is 25.5 Å². The Kier molecular flexibility index (Phi) is 4.48. The molecule has 1 aromatic heterocycles. The first-order valence-corrected chi connectivity index (χ1v) is 6.10. The molecule has 0 radical (unpaired) electrons. The van der Waals surface area contributed by atoms with Crippen molar-refractivity contribution in [3.8, 4) is 0 Å². The Balaban J connectivity index is 1.76. The lowest BCUT2D eigenvalue weighted by atomic mass is 10.2. The van der Waals surface area contributed by atoms with Crippen LogP contribution in [0.15, 0.2) is 18.3 Å². The molecule has 1 aliphatic heterocycles. The van der Waals surface area contributed by atoms with E-state index < -0.39 is 0 Å². The molecule has 1 fully saturated rings. The quantitative estimate of drug-likeness (QED) is 0.813. The van der Waals surface area contributed by atoms with Gasteiger partial charge in [0.1, 0.15) is 6.10 Å². The van der Waals surface area contributed by atoms with Crippen molar-refractivity contribution in [2.45, 2.75) is 39.1 Å². The zero-order chi connectivity index (χ0) is 12.1. The molecule has 0 aliphatic carbocycles. The zero-order valence-corrected chi connectivity index (χ0v) is 10.5. The van der Waals surface area contributed by atoms with Crippen LogP contribution in [0.2, 0.25) is 0 Å². The average Bonchev–Trinajstić information content (AvgIpc) is 2.26. The first kappa shape index (κ1) is 12.5. The third-order valence-corrected chi connectivity index (χ3v) is 2.67. The third kappa shape index (κ3) is 4.07. The van der Waals surface area contributed by atoms with E-state index in [4.69, 9.17) is 9.47 Å². The van der Waals surface area contributed by atoms with Gasteiger partial charge in [0.15, 0.2) is 0 Å². The molecule has 2 rings (SSSR count). The second-order valence-electron chi connectivity index (χ2n) is 4.66. The van der Waals surface area contributed by atoms with E-state index in [-0.39, 0.29) is 6.10 Å². The van der Waals surface area contributed by atoms with E-state index in [2.05, 4.69) is 30.2 Å². The van der Waals surface area contributed by atoms with Crippen LogP contribution >= 0.6 is 0 Å². The van der Waals surface area contributed by atoms with E-state index >= 15 is 0 Å². The highest BCUT2D eigenvalue weighted by Crippen LogP contribution is 2.09. The van der Waals surface area contributed by atoms with Crippen molar-refractivity contribution in [2.75, 3.05) is 13.2 Å². The van der Waals surface area contributed by atoms with Gasteiger partial charge in [-0.15, -0.1) is 0 Å². The second-order valence-corrected chi connectivity index (χ2v) is 4.66. The van der Waals surface area contributed by atoms with Crippen molar-refractivity contribution >= 4 is 0 Å². The van der Waals surface area contributed by atoms with Gasteiger partial charge in [0.05, 0.1) is 25.5 Å². The van der Waals surface area contributed by atoms with E-state index in [1.54, 1.807) is 0 Å². The zero-order valence-electron chi connectivity index (χ0n) is 10.5. The van der Waals surface area contributed by atoms with Gasteiger partial charge in [-0.25, -0.2) is 0 Å². The number of hydrogen-bond acceptors (Lipinski definition) is 4. The van der Waals surface area contributed by atoms with Crippen molar-refractivity contribution in [3.05, 3.63) is 29.6 Å². The topological polar surface area (TPSA) is 43.4 Å².